The van der Waals surface area contributed by atoms with E-state index < -0.39 is 28.2 Å². The van der Waals surface area contributed by atoms with Gasteiger partial charge >= 0.3 is 11.9 Å². The normalized spacial score (nSPS) is 26.2. The number of carbonyl (C=O) groups excluding carboxylic acids is 2. The number of hydrogen-bond acceptors (Lipinski definition) is 6. The molecular weight excluding hydrogens is 412 g/mol. The van der Waals surface area contributed by atoms with Gasteiger partial charge < -0.3 is 9.47 Å². The Balaban J connectivity index is 2.04. The van der Waals surface area contributed by atoms with Crippen molar-refractivity contribution in [3.05, 3.63) is 34.3 Å². The summed E-state index contributed by atoms with van der Waals surface area (Å²) in [6, 6.07) is 11.7. The molecule has 0 aromatic heterocycles. The largest absolute Gasteiger partial charge is 0.465 e. The number of nitriles is 2. The Morgan fingerprint density at radius 3 is 2.07 bits per heavy atom. The molecule has 0 amide bonds. The maximum atomic E-state index is 12.7. The summed E-state index contributed by atoms with van der Waals surface area (Å²) < 4.78 is 11.2. The SMILES string of the molecule is CCOC(=O)C1(C(=O)OCC)C[C@@]12C[C@@H](c1ccc(Br)cc1)C2(C#N)C#N. The molecular formula is C20H19BrN2O4. The molecule has 1 spiro atoms. The molecule has 2 aliphatic carbocycles. The van der Waals surface area contributed by atoms with Gasteiger partial charge in [-0.2, -0.15) is 10.5 Å². The van der Waals surface area contributed by atoms with E-state index in [2.05, 4.69) is 28.1 Å². The van der Waals surface area contributed by atoms with E-state index in [0.29, 0.717) is 6.42 Å². The first kappa shape index (κ1) is 19.4. The summed E-state index contributed by atoms with van der Waals surface area (Å²) >= 11 is 3.37. The molecule has 1 aromatic carbocycles. The molecule has 1 aromatic rings. The lowest BCUT2D eigenvalue weighted by molar-refractivity contribution is -0.170. The molecule has 2 aliphatic rings. The molecule has 0 heterocycles. The Labute approximate surface area is 166 Å². The van der Waals surface area contributed by atoms with Crippen molar-refractivity contribution < 1.29 is 19.1 Å². The van der Waals surface area contributed by atoms with E-state index in [1.807, 2.05) is 24.3 Å². The molecule has 2 fully saturated rings. The first-order valence-electron chi connectivity index (χ1n) is 8.81. The number of esters is 2. The second kappa shape index (κ2) is 6.65. The highest BCUT2D eigenvalue weighted by Crippen LogP contribution is 2.85. The number of carbonyl (C=O) groups is 2. The van der Waals surface area contributed by atoms with Gasteiger partial charge in [0.1, 0.15) is 0 Å². The predicted octanol–water partition coefficient (Wildman–Crippen LogP) is 3.47. The lowest BCUT2D eigenvalue weighted by Crippen LogP contribution is -2.54. The molecule has 0 saturated heterocycles. The molecule has 0 radical (unpaired) electrons. The average Bonchev–Trinajstić information content (AvgIpc) is 3.36. The van der Waals surface area contributed by atoms with E-state index in [-0.39, 0.29) is 25.6 Å². The van der Waals surface area contributed by atoms with Gasteiger partial charge in [-0.25, -0.2) is 0 Å². The van der Waals surface area contributed by atoms with Crippen molar-refractivity contribution in [2.75, 3.05) is 13.2 Å². The molecule has 7 heteroatoms. The summed E-state index contributed by atoms with van der Waals surface area (Å²) in [5, 5.41) is 19.9. The number of hydrogen-bond donors (Lipinski definition) is 0. The first-order chi connectivity index (χ1) is 12.9. The van der Waals surface area contributed by atoms with E-state index in [1.54, 1.807) is 13.8 Å². The molecule has 2 saturated carbocycles. The fourth-order valence-corrected chi connectivity index (χ4v) is 4.84. The van der Waals surface area contributed by atoms with Gasteiger partial charge in [-0.05, 0) is 44.4 Å². The molecule has 140 valence electrons. The lowest BCUT2D eigenvalue weighted by Gasteiger charge is -2.50. The average molecular weight is 431 g/mol. The number of benzene rings is 1. The van der Waals surface area contributed by atoms with Crippen LogP contribution in [-0.4, -0.2) is 25.2 Å². The van der Waals surface area contributed by atoms with Crippen molar-refractivity contribution >= 4 is 27.9 Å². The van der Waals surface area contributed by atoms with Crippen LogP contribution in [0.15, 0.2) is 28.7 Å². The van der Waals surface area contributed by atoms with Crippen molar-refractivity contribution in [2.45, 2.75) is 32.6 Å². The Hall–Kier alpha value is -2.38. The van der Waals surface area contributed by atoms with Gasteiger partial charge in [0.05, 0.1) is 25.4 Å². The van der Waals surface area contributed by atoms with Crippen molar-refractivity contribution in [1.82, 2.24) is 0 Å². The zero-order chi connectivity index (χ0) is 19.9. The minimum atomic E-state index is -1.57. The van der Waals surface area contributed by atoms with Crippen LogP contribution in [0.5, 0.6) is 0 Å². The van der Waals surface area contributed by atoms with Crippen LogP contribution in [0.3, 0.4) is 0 Å². The van der Waals surface area contributed by atoms with E-state index >= 15 is 0 Å². The topological polar surface area (TPSA) is 100 Å². The minimum Gasteiger partial charge on any atom is -0.465 e. The van der Waals surface area contributed by atoms with E-state index in [1.165, 1.54) is 0 Å². The first-order valence-corrected chi connectivity index (χ1v) is 9.60. The Morgan fingerprint density at radius 2 is 1.63 bits per heavy atom. The monoisotopic (exact) mass is 430 g/mol. The van der Waals surface area contributed by atoms with Crippen LogP contribution in [0, 0.1) is 38.9 Å². The van der Waals surface area contributed by atoms with Crippen LogP contribution in [-0.2, 0) is 19.1 Å². The molecule has 6 nitrogen and oxygen atoms in total. The van der Waals surface area contributed by atoms with Crippen LogP contribution < -0.4 is 0 Å². The van der Waals surface area contributed by atoms with Gasteiger partial charge in [0.25, 0.3) is 0 Å². The van der Waals surface area contributed by atoms with Gasteiger partial charge in [-0.1, -0.05) is 28.1 Å². The van der Waals surface area contributed by atoms with Gasteiger partial charge in [-0.3, -0.25) is 9.59 Å². The zero-order valence-electron chi connectivity index (χ0n) is 15.1. The smallest absolute Gasteiger partial charge is 0.324 e. The zero-order valence-corrected chi connectivity index (χ0v) is 16.7. The highest BCUT2D eigenvalue weighted by atomic mass is 79.9. The quantitative estimate of drug-likeness (QED) is 0.523. The fraction of sp³-hybridized carbons (Fsp3) is 0.500. The van der Waals surface area contributed by atoms with Crippen molar-refractivity contribution in [3.63, 3.8) is 0 Å². The predicted molar refractivity (Wildman–Crippen MR) is 97.9 cm³/mol. The summed E-state index contributed by atoms with van der Waals surface area (Å²) in [5.74, 6) is -1.79. The highest BCUT2D eigenvalue weighted by Gasteiger charge is 2.91. The van der Waals surface area contributed by atoms with E-state index in [4.69, 9.17) is 9.47 Å². The molecule has 0 bridgehead atoms. The van der Waals surface area contributed by atoms with Crippen molar-refractivity contribution in [2.24, 2.45) is 16.2 Å². The molecule has 0 unspecified atom stereocenters. The molecule has 2 atom stereocenters. The Kier molecular flexibility index (Phi) is 4.78. The van der Waals surface area contributed by atoms with Gasteiger partial charge in [0.15, 0.2) is 10.8 Å². The lowest BCUT2D eigenvalue weighted by atomic mass is 9.47. The summed E-state index contributed by atoms with van der Waals surface area (Å²) in [5.41, 5.74) is -3.29. The van der Waals surface area contributed by atoms with Crippen molar-refractivity contribution in [3.8, 4) is 12.1 Å². The van der Waals surface area contributed by atoms with Crippen LogP contribution in [0.1, 0.15) is 38.2 Å². The summed E-state index contributed by atoms with van der Waals surface area (Å²) in [6.07, 6.45) is 0.485. The number of nitrogens with zero attached hydrogens (tertiary/aromatic N) is 2. The van der Waals surface area contributed by atoms with Crippen LogP contribution >= 0.6 is 15.9 Å². The van der Waals surface area contributed by atoms with Crippen LogP contribution in [0.25, 0.3) is 0 Å². The molecule has 0 aliphatic heterocycles. The number of halogens is 1. The fourth-order valence-electron chi connectivity index (χ4n) is 4.58. The third-order valence-corrected chi connectivity index (χ3v) is 6.49. The molecule has 0 N–H and O–H groups in total. The molecule has 3 rings (SSSR count). The number of ether oxygens (including phenoxy) is 2. The third kappa shape index (κ3) is 2.34. The molecule has 27 heavy (non-hydrogen) atoms. The maximum absolute atomic E-state index is 12.7. The minimum absolute atomic E-state index is 0.103. The Bertz CT molecular complexity index is 835. The summed E-state index contributed by atoms with van der Waals surface area (Å²) in [6.45, 7) is 3.52. The second-order valence-electron chi connectivity index (χ2n) is 6.95. The summed E-state index contributed by atoms with van der Waals surface area (Å²) in [7, 11) is 0. The summed E-state index contributed by atoms with van der Waals surface area (Å²) in [4.78, 5) is 25.4. The second-order valence-corrected chi connectivity index (χ2v) is 7.86. The Morgan fingerprint density at radius 1 is 1.11 bits per heavy atom. The van der Waals surface area contributed by atoms with Gasteiger partial charge in [0, 0.05) is 15.8 Å². The van der Waals surface area contributed by atoms with Crippen molar-refractivity contribution in [1.29, 1.82) is 10.5 Å². The highest BCUT2D eigenvalue weighted by molar-refractivity contribution is 9.10. The standard InChI is InChI=1S/C20H19BrN2O4/c1-3-26-16(24)20(17(25)27-4-2)10-19(20)9-15(18(19,11-22)12-23)13-5-7-14(21)8-6-13/h5-8,15H,3-4,9-10H2,1-2H3/t15-,19+/m0/s1. The van der Waals surface area contributed by atoms with Gasteiger partial charge in [0.2, 0.25) is 0 Å². The van der Waals surface area contributed by atoms with E-state index in [9.17, 15) is 20.1 Å². The van der Waals surface area contributed by atoms with E-state index in [0.717, 1.165) is 10.0 Å². The van der Waals surface area contributed by atoms with Crippen LogP contribution in [0.2, 0.25) is 0 Å². The third-order valence-electron chi connectivity index (χ3n) is 5.96. The number of rotatable bonds is 5. The van der Waals surface area contributed by atoms with Crippen LogP contribution in [0.4, 0.5) is 0 Å². The maximum Gasteiger partial charge on any atom is 0.324 e. The van der Waals surface area contributed by atoms with Gasteiger partial charge in [-0.15, -0.1) is 0 Å².